The zero-order valence-electron chi connectivity index (χ0n) is 9.58. The lowest BCUT2D eigenvalue weighted by molar-refractivity contribution is -0.215. The molecule has 2 aliphatic rings. The molecule has 2 fully saturated rings. The second kappa shape index (κ2) is 4.33. The van der Waals surface area contributed by atoms with E-state index in [2.05, 4.69) is 9.97 Å². The molecule has 0 amide bonds. The molecule has 1 spiro atoms. The maximum Gasteiger partial charge on any atom is 0.181 e. The van der Waals surface area contributed by atoms with Crippen molar-refractivity contribution in [2.75, 3.05) is 6.61 Å². The van der Waals surface area contributed by atoms with Gasteiger partial charge < -0.3 is 14.6 Å². The molecule has 92 valence electrons. The monoisotopic (exact) mass is 236 g/mol. The number of aliphatic hydroxyl groups excluding tert-OH is 1. The zero-order chi connectivity index (χ0) is 11.7. The van der Waals surface area contributed by atoms with E-state index >= 15 is 0 Å². The second-order valence-electron chi connectivity index (χ2n) is 4.68. The quantitative estimate of drug-likeness (QED) is 0.793. The topological polar surface area (TPSA) is 64.5 Å². The van der Waals surface area contributed by atoms with Gasteiger partial charge in [-0.2, -0.15) is 0 Å². The van der Waals surface area contributed by atoms with Crippen molar-refractivity contribution in [3.8, 4) is 0 Å². The highest BCUT2D eigenvalue weighted by atomic mass is 16.8. The molecule has 1 aliphatic heterocycles. The number of hydrogen-bond acceptors (Lipinski definition) is 5. The predicted molar refractivity (Wildman–Crippen MR) is 59.0 cm³/mol. The largest absolute Gasteiger partial charge is 0.366 e. The fourth-order valence-electron chi connectivity index (χ4n) is 2.64. The van der Waals surface area contributed by atoms with E-state index in [0.29, 0.717) is 5.92 Å². The molecule has 5 nitrogen and oxygen atoms in total. The lowest BCUT2D eigenvalue weighted by Gasteiger charge is -2.34. The molecule has 1 atom stereocenters. The number of ether oxygens (including phenoxy) is 2. The van der Waals surface area contributed by atoms with E-state index in [9.17, 15) is 5.11 Å². The highest BCUT2D eigenvalue weighted by molar-refractivity contribution is 5.00. The van der Waals surface area contributed by atoms with Crippen molar-refractivity contribution >= 4 is 0 Å². The van der Waals surface area contributed by atoms with Crippen molar-refractivity contribution < 1.29 is 14.6 Å². The molecule has 1 aromatic heterocycles. The zero-order valence-corrected chi connectivity index (χ0v) is 9.58. The molecular formula is C12H16N2O3. The van der Waals surface area contributed by atoms with Gasteiger partial charge in [0.25, 0.3) is 0 Å². The average Bonchev–Trinajstić information content (AvgIpc) is 2.73. The Hall–Kier alpha value is -1.04. The van der Waals surface area contributed by atoms with Crippen LogP contribution in [0.4, 0.5) is 0 Å². The SMILES string of the molecule is OC1COC2(CCC(c3ncccn3)CC2)O1. The van der Waals surface area contributed by atoms with E-state index in [1.54, 1.807) is 12.4 Å². The summed E-state index contributed by atoms with van der Waals surface area (Å²) in [6, 6.07) is 1.83. The minimum atomic E-state index is -0.764. The Kier molecular flexibility index (Phi) is 2.82. The molecule has 0 radical (unpaired) electrons. The van der Waals surface area contributed by atoms with Crippen LogP contribution in [0.5, 0.6) is 0 Å². The summed E-state index contributed by atoms with van der Waals surface area (Å²) in [5.74, 6) is 0.734. The summed E-state index contributed by atoms with van der Waals surface area (Å²) >= 11 is 0. The fraction of sp³-hybridized carbons (Fsp3) is 0.667. The summed E-state index contributed by atoms with van der Waals surface area (Å²) in [7, 11) is 0. The summed E-state index contributed by atoms with van der Waals surface area (Å²) in [5, 5.41) is 9.36. The van der Waals surface area contributed by atoms with Crippen LogP contribution < -0.4 is 0 Å². The molecule has 17 heavy (non-hydrogen) atoms. The van der Waals surface area contributed by atoms with Gasteiger partial charge in [0, 0.05) is 31.2 Å². The van der Waals surface area contributed by atoms with Gasteiger partial charge in [-0.1, -0.05) is 0 Å². The first kappa shape index (κ1) is 11.1. The van der Waals surface area contributed by atoms with E-state index < -0.39 is 12.1 Å². The summed E-state index contributed by atoms with van der Waals surface area (Å²) in [6.07, 6.45) is 6.27. The van der Waals surface area contributed by atoms with Gasteiger partial charge in [-0.15, -0.1) is 0 Å². The summed E-state index contributed by atoms with van der Waals surface area (Å²) in [5.41, 5.74) is 0. The summed E-state index contributed by atoms with van der Waals surface area (Å²) < 4.78 is 11.0. The predicted octanol–water partition coefficient (Wildman–Crippen LogP) is 1.20. The molecular weight excluding hydrogens is 220 g/mol. The van der Waals surface area contributed by atoms with Gasteiger partial charge in [-0.3, -0.25) is 0 Å². The standard InChI is InChI=1S/C12H16N2O3/c15-10-8-16-12(17-10)4-2-9(3-5-12)11-13-6-1-7-14-11/h1,6-7,9-10,15H,2-5,8H2. The van der Waals surface area contributed by atoms with Crippen LogP contribution in [-0.2, 0) is 9.47 Å². The van der Waals surface area contributed by atoms with Gasteiger partial charge in [0.15, 0.2) is 12.1 Å². The van der Waals surface area contributed by atoms with E-state index in [-0.39, 0.29) is 6.61 Å². The molecule has 2 heterocycles. The van der Waals surface area contributed by atoms with E-state index in [0.717, 1.165) is 31.5 Å². The van der Waals surface area contributed by atoms with Crippen LogP contribution >= 0.6 is 0 Å². The summed E-state index contributed by atoms with van der Waals surface area (Å²) in [6.45, 7) is 0.284. The third-order valence-corrected chi connectivity index (χ3v) is 3.54. The molecule has 3 rings (SSSR count). The van der Waals surface area contributed by atoms with Crippen molar-refractivity contribution in [2.24, 2.45) is 0 Å². The molecule has 1 saturated heterocycles. The Morgan fingerprint density at radius 3 is 2.53 bits per heavy atom. The highest BCUT2D eigenvalue weighted by Gasteiger charge is 2.44. The third kappa shape index (κ3) is 2.18. The van der Waals surface area contributed by atoms with Gasteiger partial charge in [0.05, 0.1) is 0 Å². The van der Waals surface area contributed by atoms with Crippen molar-refractivity contribution in [3.05, 3.63) is 24.3 Å². The second-order valence-corrected chi connectivity index (χ2v) is 4.68. The molecule has 0 aromatic carbocycles. The van der Waals surface area contributed by atoms with E-state index in [4.69, 9.17) is 9.47 Å². The highest BCUT2D eigenvalue weighted by Crippen LogP contribution is 2.42. The van der Waals surface area contributed by atoms with Gasteiger partial charge in [0.1, 0.15) is 12.4 Å². The Morgan fingerprint density at radius 1 is 1.24 bits per heavy atom. The lowest BCUT2D eigenvalue weighted by atomic mass is 9.84. The van der Waals surface area contributed by atoms with Gasteiger partial charge >= 0.3 is 0 Å². The van der Waals surface area contributed by atoms with Crippen LogP contribution in [0.2, 0.25) is 0 Å². The lowest BCUT2D eigenvalue weighted by Crippen LogP contribution is -2.35. The normalized spacial score (nSPS) is 37.5. The van der Waals surface area contributed by atoms with Crippen molar-refractivity contribution in [1.82, 2.24) is 9.97 Å². The number of nitrogens with zero attached hydrogens (tertiary/aromatic N) is 2. The molecule has 1 N–H and O–H groups in total. The van der Waals surface area contributed by atoms with Gasteiger partial charge in [-0.05, 0) is 18.9 Å². The Bertz CT molecular complexity index is 377. The minimum absolute atomic E-state index is 0.284. The first-order valence-corrected chi connectivity index (χ1v) is 6.04. The Labute approximate surface area is 99.8 Å². The fourth-order valence-corrected chi connectivity index (χ4v) is 2.64. The van der Waals surface area contributed by atoms with Gasteiger partial charge in [0.2, 0.25) is 0 Å². The first-order chi connectivity index (χ1) is 8.27. The molecule has 1 saturated carbocycles. The molecule has 1 unspecified atom stereocenters. The molecule has 1 aliphatic carbocycles. The summed E-state index contributed by atoms with van der Waals surface area (Å²) in [4.78, 5) is 8.58. The van der Waals surface area contributed by atoms with Crippen molar-refractivity contribution in [1.29, 1.82) is 0 Å². The van der Waals surface area contributed by atoms with E-state index in [1.165, 1.54) is 0 Å². The maximum absolute atomic E-state index is 9.36. The first-order valence-electron chi connectivity index (χ1n) is 6.04. The Balaban J connectivity index is 1.65. The maximum atomic E-state index is 9.36. The van der Waals surface area contributed by atoms with Crippen LogP contribution in [0.3, 0.4) is 0 Å². The number of rotatable bonds is 1. The Morgan fingerprint density at radius 2 is 1.94 bits per heavy atom. The van der Waals surface area contributed by atoms with Crippen molar-refractivity contribution in [2.45, 2.75) is 43.7 Å². The van der Waals surface area contributed by atoms with Crippen molar-refractivity contribution in [3.63, 3.8) is 0 Å². The van der Waals surface area contributed by atoms with Crippen LogP contribution in [0.15, 0.2) is 18.5 Å². The molecule has 0 bridgehead atoms. The van der Waals surface area contributed by atoms with Crippen LogP contribution in [0.1, 0.15) is 37.4 Å². The smallest absolute Gasteiger partial charge is 0.181 e. The van der Waals surface area contributed by atoms with Crippen LogP contribution in [0.25, 0.3) is 0 Å². The third-order valence-electron chi connectivity index (χ3n) is 3.54. The van der Waals surface area contributed by atoms with Gasteiger partial charge in [-0.25, -0.2) is 9.97 Å². The molecule has 1 aromatic rings. The number of aliphatic hydroxyl groups is 1. The number of aromatic nitrogens is 2. The minimum Gasteiger partial charge on any atom is -0.366 e. The number of hydrogen-bond donors (Lipinski definition) is 1. The van der Waals surface area contributed by atoms with E-state index in [1.807, 2.05) is 6.07 Å². The van der Waals surface area contributed by atoms with Crippen LogP contribution in [-0.4, -0.2) is 33.8 Å². The van der Waals surface area contributed by atoms with Crippen LogP contribution in [0, 0.1) is 0 Å². The molecule has 5 heteroatoms. The average molecular weight is 236 g/mol.